The fraction of sp³-hybridized carbons (Fsp3) is 0.167. The van der Waals surface area contributed by atoms with Crippen molar-refractivity contribution >= 4 is 23.2 Å². The van der Waals surface area contributed by atoms with E-state index >= 15 is 0 Å². The molecule has 0 radical (unpaired) electrons. The van der Waals surface area contributed by atoms with Gasteiger partial charge in [0.25, 0.3) is 0 Å². The van der Waals surface area contributed by atoms with E-state index in [0.29, 0.717) is 22.3 Å². The van der Waals surface area contributed by atoms with Gasteiger partial charge in [0.2, 0.25) is 0 Å². The van der Waals surface area contributed by atoms with Crippen molar-refractivity contribution < 1.29 is 4.74 Å². The summed E-state index contributed by atoms with van der Waals surface area (Å²) in [5.41, 5.74) is 0.974. The second-order valence-electron chi connectivity index (χ2n) is 3.56. The molecule has 0 bridgehead atoms. The maximum absolute atomic E-state index is 6.00. The van der Waals surface area contributed by atoms with E-state index in [-0.39, 0.29) is 6.01 Å². The van der Waals surface area contributed by atoms with Crippen LogP contribution in [0.2, 0.25) is 10.0 Å². The zero-order chi connectivity index (χ0) is 13.0. The summed E-state index contributed by atoms with van der Waals surface area (Å²) in [7, 11) is 1.86. The molecular weight excluding hydrogens is 273 g/mol. The molecule has 18 heavy (non-hydrogen) atoms. The molecule has 0 aliphatic heterocycles. The topological polar surface area (TPSA) is 47.0 Å². The summed E-state index contributed by atoms with van der Waals surface area (Å²) in [6, 6.07) is 5.38. The number of rotatable bonds is 4. The van der Waals surface area contributed by atoms with Gasteiger partial charge in [0.05, 0.1) is 5.02 Å². The lowest BCUT2D eigenvalue weighted by molar-refractivity contribution is 0.441. The van der Waals surface area contributed by atoms with Crippen molar-refractivity contribution in [3.63, 3.8) is 0 Å². The molecule has 94 valence electrons. The summed E-state index contributed by atoms with van der Waals surface area (Å²) < 4.78 is 5.46. The van der Waals surface area contributed by atoms with Crippen molar-refractivity contribution in [3.8, 4) is 11.8 Å². The van der Waals surface area contributed by atoms with E-state index in [9.17, 15) is 0 Å². The second-order valence-corrected chi connectivity index (χ2v) is 4.34. The van der Waals surface area contributed by atoms with Gasteiger partial charge in [0.1, 0.15) is 5.02 Å². The monoisotopic (exact) mass is 283 g/mol. The zero-order valence-corrected chi connectivity index (χ0v) is 11.2. The molecule has 0 fully saturated rings. The quantitative estimate of drug-likeness (QED) is 0.935. The predicted molar refractivity (Wildman–Crippen MR) is 71.3 cm³/mol. The number of hydrogen-bond donors (Lipinski definition) is 1. The molecule has 0 aliphatic carbocycles. The van der Waals surface area contributed by atoms with Gasteiger partial charge in [-0.3, -0.25) is 0 Å². The Labute approximate surface area is 115 Å². The maximum atomic E-state index is 6.00. The highest BCUT2D eigenvalue weighted by atomic mass is 35.5. The van der Waals surface area contributed by atoms with Crippen LogP contribution >= 0.6 is 23.2 Å². The van der Waals surface area contributed by atoms with Crippen LogP contribution in [-0.4, -0.2) is 17.0 Å². The van der Waals surface area contributed by atoms with Crippen molar-refractivity contribution in [1.82, 2.24) is 15.3 Å². The normalized spacial score (nSPS) is 10.4. The Bertz CT molecular complexity index is 531. The van der Waals surface area contributed by atoms with Gasteiger partial charge >= 0.3 is 6.01 Å². The molecule has 0 aliphatic rings. The minimum Gasteiger partial charge on any atom is -0.423 e. The molecule has 2 rings (SSSR count). The minimum absolute atomic E-state index is 0.235. The van der Waals surface area contributed by atoms with Crippen molar-refractivity contribution in [3.05, 3.63) is 46.2 Å². The summed E-state index contributed by atoms with van der Waals surface area (Å²) in [4.78, 5) is 8.18. The molecule has 6 heteroatoms. The van der Waals surface area contributed by atoms with Gasteiger partial charge in [-0.15, -0.1) is 0 Å². The van der Waals surface area contributed by atoms with Gasteiger partial charge < -0.3 is 10.1 Å². The fourth-order valence-corrected chi connectivity index (χ4v) is 1.68. The first-order chi connectivity index (χ1) is 8.70. The molecule has 0 saturated carbocycles. The summed E-state index contributed by atoms with van der Waals surface area (Å²) in [6.07, 6.45) is 3.38. The Kier molecular flexibility index (Phi) is 4.36. The predicted octanol–water partition coefficient (Wildman–Crippen LogP) is 3.30. The van der Waals surface area contributed by atoms with Gasteiger partial charge in [-0.1, -0.05) is 29.3 Å². The second kappa shape index (κ2) is 6.00. The van der Waals surface area contributed by atoms with Crippen LogP contribution in [0.5, 0.6) is 11.8 Å². The molecule has 0 saturated heterocycles. The van der Waals surface area contributed by atoms with E-state index in [1.165, 1.54) is 0 Å². The van der Waals surface area contributed by atoms with Crippen LogP contribution < -0.4 is 10.1 Å². The number of ether oxygens (including phenoxy) is 1. The summed E-state index contributed by atoms with van der Waals surface area (Å²) in [6.45, 7) is 0.707. The molecule has 2 aromatic rings. The number of halogens is 2. The van der Waals surface area contributed by atoms with Crippen molar-refractivity contribution in [1.29, 1.82) is 0 Å². The molecule has 0 atom stereocenters. The van der Waals surface area contributed by atoms with Crippen LogP contribution in [0, 0.1) is 0 Å². The van der Waals surface area contributed by atoms with Crippen molar-refractivity contribution in [2.24, 2.45) is 0 Å². The molecule has 0 unspecified atom stereocenters. The summed E-state index contributed by atoms with van der Waals surface area (Å²) >= 11 is 11.9. The fourth-order valence-electron chi connectivity index (χ4n) is 1.35. The van der Waals surface area contributed by atoms with E-state index in [4.69, 9.17) is 27.9 Å². The molecule has 4 nitrogen and oxygen atoms in total. The van der Waals surface area contributed by atoms with Crippen LogP contribution in [0.15, 0.2) is 30.6 Å². The number of nitrogens with one attached hydrogen (secondary N) is 1. The first-order valence-corrected chi connectivity index (χ1v) is 6.03. The van der Waals surface area contributed by atoms with E-state index < -0.39 is 0 Å². The van der Waals surface area contributed by atoms with Crippen molar-refractivity contribution in [2.45, 2.75) is 6.54 Å². The molecule has 1 aromatic heterocycles. The number of aromatic nitrogens is 2. The van der Waals surface area contributed by atoms with Crippen molar-refractivity contribution in [2.75, 3.05) is 7.05 Å². The highest BCUT2D eigenvalue weighted by Gasteiger charge is 2.08. The third-order valence-electron chi connectivity index (χ3n) is 2.18. The third-order valence-corrected chi connectivity index (χ3v) is 2.98. The first kappa shape index (κ1) is 13.1. The highest BCUT2D eigenvalue weighted by Crippen LogP contribution is 2.33. The lowest BCUT2D eigenvalue weighted by Gasteiger charge is -2.06. The van der Waals surface area contributed by atoms with Crippen LogP contribution in [0.25, 0.3) is 0 Å². The Balaban J connectivity index is 2.16. The molecule has 1 heterocycles. The lowest BCUT2D eigenvalue weighted by Crippen LogP contribution is -2.06. The zero-order valence-electron chi connectivity index (χ0n) is 9.65. The molecule has 1 aromatic carbocycles. The minimum atomic E-state index is 0.235. The van der Waals surface area contributed by atoms with Gasteiger partial charge in [0, 0.05) is 24.5 Å². The Morgan fingerprint density at radius 2 is 1.94 bits per heavy atom. The maximum Gasteiger partial charge on any atom is 0.321 e. The van der Waals surface area contributed by atoms with E-state index in [0.717, 1.165) is 5.56 Å². The average molecular weight is 284 g/mol. The van der Waals surface area contributed by atoms with E-state index in [1.54, 1.807) is 30.6 Å². The number of hydrogen-bond acceptors (Lipinski definition) is 4. The third kappa shape index (κ3) is 3.10. The van der Waals surface area contributed by atoms with E-state index in [2.05, 4.69) is 15.3 Å². The standard InChI is InChI=1S/C12H11Cl2N3O/c1-15-5-8-6-16-12(17-7-8)18-10-4-2-3-9(13)11(10)14/h2-4,6-7,15H,5H2,1H3. The van der Waals surface area contributed by atoms with E-state index in [1.807, 2.05) is 7.05 Å². The molecule has 1 N–H and O–H groups in total. The van der Waals surface area contributed by atoms with Gasteiger partial charge in [-0.2, -0.15) is 0 Å². The molecule has 0 spiro atoms. The summed E-state index contributed by atoms with van der Waals surface area (Å²) in [5, 5.41) is 3.79. The van der Waals surface area contributed by atoms with Gasteiger partial charge in [0.15, 0.2) is 5.75 Å². The van der Waals surface area contributed by atoms with Gasteiger partial charge in [-0.05, 0) is 19.2 Å². The Morgan fingerprint density at radius 1 is 1.22 bits per heavy atom. The number of nitrogens with zero attached hydrogens (tertiary/aromatic N) is 2. The van der Waals surface area contributed by atoms with Crippen LogP contribution in [0.4, 0.5) is 0 Å². The molecule has 0 amide bonds. The van der Waals surface area contributed by atoms with Crippen LogP contribution in [0.1, 0.15) is 5.56 Å². The summed E-state index contributed by atoms with van der Waals surface area (Å²) in [5.74, 6) is 0.436. The molecular formula is C12H11Cl2N3O. The van der Waals surface area contributed by atoms with Crippen LogP contribution in [-0.2, 0) is 6.54 Å². The smallest absolute Gasteiger partial charge is 0.321 e. The SMILES string of the molecule is CNCc1cnc(Oc2cccc(Cl)c2Cl)nc1. The largest absolute Gasteiger partial charge is 0.423 e. The van der Waals surface area contributed by atoms with Crippen LogP contribution in [0.3, 0.4) is 0 Å². The van der Waals surface area contributed by atoms with Gasteiger partial charge in [-0.25, -0.2) is 9.97 Å². The Hall–Kier alpha value is -1.36. The highest BCUT2D eigenvalue weighted by molar-refractivity contribution is 6.42. The average Bonchev–Trinajstić information content (AvgIpc) is 2.38. The number of benzene rings is 1. The lowest BCUT2D eigenvalue weighted by atomic mass is 10.3. The first-order valence-electron chi connectivity index (χ1n) is 5.28. The Morgan fingerprint density at radius 3 is 2.61 bits per heavy atom.